The molecule has 1 aliphatic rings. The topological polar surface area (TPSA) is 70.8 Å². The lowest BCUT2D eigenvalue weighted by atomic mass is 9.91. The minimum atomic E-state index is 0.441. The van der Waals surface area contributed by atoms with Gasteiger partial charge in [0.1, 0.15) is 5.75 Å². The maximum atomic E-state index is 9.64. The van der Waals surface area contributed by atoms with E-state index in [0.717, 1.165) is 29.7 Å². The first-order valence-electron chi connectivity index (χ1n) is 9.82. The molecule has 0 fully saturated rings. The van der Waals surface area contributed by atoms with Gasteiger partial charge in [-0.15, -0.1) is 0 Å². The van der Waals surface area contributed by atoms with Crippen LogP contribution in [-0.2, 0) is 19.4 Å². The van der Waals surface area contributed by atoms with Crippen molar-refractivity contribution in [3.63, 3.8) is 0 Å². The van der Waals surface area contributed by atoms with Crippen molar-refractivity contribution >= 4 is 5.84 Å². The second kappa shape index (κ2) is 8.73. The van der Waals surface area contributed by atoms with E-state index in [2.05, 4.69) is 21.2 Å². The summed E-state index contributed by atoms with van der Waals surface area (Å²) in [5.41, 5.74) is 4.39. The molecule has 4 rings (SSSR count). The molecular weight excluding hydrogens is 364 g/mol. The molecule has 148 valence electrons. The van der Waals surface area contributed by atoms with Gasteiger partial charge < -0.3 is 14.8 Å². The molecule has 0 radical (unpaired) electrons. The summed E-state index contributed by atoms with van der Waals surface area (Å²) >= 11 is 0. The van der Waals surface area contributed by atoms with Gasteiger partial charge in [0.15, 0.2) is 5.84 Å². The molecule has 2 aromatic heterocycles. The highest BCUT2D eigenvalue weighted by Gasteiger charge is 2.16. The summed E-state index contributed by atoms with van der Waals surface area (Å²) in [6.45, 7) is 0.567. The van der Waals surface area contributed by atoms with Crippen LogP contribution < -0.4 is 4.74 Å². The number of aryl methyl sites for hydroxylation is 1. The number of aromatic nitrogens is 2. The Hall–Kier alpha value is -3.41. The molecule has 0 atom stereocenters. The van der Waals surface area contributed by atoms with Crippen molar-refractivity contribution in [3.8, 4) is 11.6 Å². The monoisotopic (exact) mass is 388 g/mol. The lowest BCUT2D eigenvalue weighted by molar-refractivity contribution is 0.306. The number of ether oxygens (including phenoxy) is 1. The van der Waals surface area contributed by atoms with Gasteiger partial charge >= 0.3 is 0 Å². The van der Waals surface area contributed by atoms with Gasteiger partial charge in [-0.2, -0.15) is 0 Å². The Kier molecular flexibility index (Phi) is 5.70. The Labute approximate surface area is 170 Å². The first-order valence-corrected chi connectivity index (χ1v) is 9.82. The van der Waals surface area contributed by atoms with E-state index in [1.807, 2.05) is 42.3 Å². The third-order valence-electron chi connectivity index (χ3n) is 5.16. The molecule has 0 bridgehead atoms. The maximum Gasteiger partial charge on any atom is 0.219 e. The van der Waals surface area contributed by atoms with Crippen LogP contribution in [0.4, 0.5) is 0 Å². The average molecular weight is 388 g/mol. The fourth-order valence-electron chi connectivity index (χ4n) is 3.75. The van der Waals surface area contributed by atoms with Gasteiger partial charge in [-0.1, -0.05) is 23.4 Å². The van der Waals surface area contributed by atoms with Gasteiger partial charge in [-0.25, -0.2) is 4.98 Å². The highest BCUT2D eigenvalue weighted by molar-refractivity contribution is 5.98. The van der Waals surface area contributed by atoms with E-state index >= 15 is 0 Å². The second-order valence-electron chi connectivity index (χ2n) is 7.23. The highest BCUT2D eigenvalue weighted by atomic mass is 16.5. The van der Waals surface area contributed by atoms with Crippen LogP contribution >= 0.6 is 0 Å². The molecule has 1 aliphatic carbocycles. The predicted octanol–water partition coefficient (Wildman–Crippen LogP) is 4.42. The van der Waals surface area contributed by atoms with Gasteiger partial charge in [-0.05, 0) is 60.6 Å². The Morgan fingerprint density at radius 1 is 1.14 bits per heavy atom. The summed E-state index contributed by atoms with van der Waals surface area (Å²) in [7, 11) is 1.87. The molecule has 29 heavy (non-hydrogen) atoms. The van der Waals surface area contributed by atoms with E-state index in [1.54, 1.807) is 24.7 Å². The number of rotatable bonds is 5. The summed E-state index contributed by atoms with van der Waals surface area (Å²) in [5.74, 6) is 1.78. The standard InChI is InChI=1S/C23H24N4O2/c1-27(16-17-6-5-12-24-15-17)23(26-28)19-11-13-25-22(14-19)29-21-10-4-8-18-7-2-3-9-20(18)21/h4-6,8,10-15,28H,2-3,7,9,16H2,1H3/b26-23-. The van der Waals surface area contributed by atoms with Crippen molar-refractivity contribution in [2.45, 2.75) is 32.2 Å². The maximum absolute atomic E-state index is 9.64. The fourth-order valence-corrected chi connectivity index (χ4v) is 3.75. The Bertz CT molecular complexity index is 1000. The van der Waals surface area contributed by atoms with Gasteiger partial charge in [-0.3, -0.25) is 4.98 Å². The molecule has 0 saturated heterocycles. The summed E-state index contributed by atoms with van der Waals surface area (Å²) in [4.78, 5) is 10.4. The van der Waals surface area contributed by atoms with Crippen molar-refractivity contribution in [1.29, 1.82) is 0 Å². The normalized spacial score (nSPS) is 13.6. The SMILES string of the molecule is CN(Cc1cccnc1)/C(=N\O)c1ccnc(Oc2cccc3c2CCCC3)c1. The minimum Gasteiger partial charge on any atom is -0.439 e. The number of oxime groups is 1. The first kappa shape index (κ1) is 18.9. The lowest BCUT2D eigenvalue weighted by Gasteiger charge is -2.21. The molecule has 0 amide bonds. The summed E-state index contributed by atoms with van der Waals surface area (Å²) in [6, 6.07) is 13.7. The van der Waals surface area contributed by atoms with Crippen LogP contribution in [0, 0.1) is 0 Å². The number of fused-ring (bicyclic) bond motifs is 1. The van der Waals surface area contributed by atoms with Crippen LogP contribution in [0.5, 0.6) is 11.6 Å². The first-order chi connectivity index (χ1) is 14.2. The molecule has 0 aliphatic heterocycles. The molecular formula is C23H24N4O2. The van der Waals surface area contributed by atoms with Crippen molar-refractivity contribution in [3.05, 3.63) is 83.3 Å². The van der Waals surface area contributed by atoms with E-state index < -0.39 is 0 Å². The van der Waals surface area contributed by atoms with E-state index in [0.29, 0.717) is 18.3 Å². The van der Waals surface area contributed by atoms with Crippen LogP contribution in [-0.4, -0.2) is 33.0 Å². The van der Waals surface area contributed by atoms with Crippen LogP contribution in [0.3, 0.4) is 0 Å². The van der Waals surface area contributed by atoms with Crippen molar-refractivity contribution in [1.82, 2.24) is 14.9 Å². The molecule has 2 heterocycles. The number of hydrogen-bond donors (Lipinski definition) is 1. The zero-order chi connectivity index (χ0) is 20.1. The quantitative estimate of drug-likeness (QED) is 0.303. The smallest absolute Gasteiger partial charge is 0.219 e. The zero-order valence-corrected chi connectivity index (χ0v) is 16.5. The van der Waals surface area contributed by atoms with E-state index in [4.69, 9.17) is 4.74 Å². The van der Waals surface area contributed by atoms with E-state index in [-0.39, 0.29) is 0 Å². The highest BCUT2D eigenvalue weighted by Crippen LogP contribution is 2.32. The van der Waals surface area contributed by atoms with Crippen LogP contribution in [0.1, 0.15) is 35.1 Å². The largest absolute Gasteiger partial charge is 0.439 e. The van der Waals surface area contributed by atoms with Crippen molar-refractivity contribution < 1.29 is 9.94 Å². The predicted molar refractivity (Wildman–Crippen MR) is 111 cm³/mol. The van der Waals surface area contributed by atoms with Crippen molar-refractivity contribution in [2.24, 2.45) is 5.16 Å². The molecule has 6 heteroatoms. The fraction of sp³-hybridized carbons (Fsp3) is 0.261. The van der Waals surface area contributed by atoms with Gasteiger partial charge in [0.2, 0.25) is 5.88 Å². The number of benzene rings is 1. The summed E-state index contributed by atoms with van der Waals surface area (Å²) < 4.78 is 6.13. The molecule has 6 nitrogen and oxygen atoms in total. The summed E-state index contributed by atoms with van der Waals surface area (Å²) in [6.07, 6.45) is 9.74. The molecule has 3 aromatic rings. The molecule has 0 spiro atoms. The Balaban J connectivity index is 1.55. The van der Waals surface area contributed by atoms with Crippen LogP contribution in [0.25, 0.3) is 0 Å². The molecule has 0 unspecified atom stereocenters. The van der Waals surface area contributed by atoms with Gasteiger partial charge in [0.25, 0.3) is 0 Å². The Morgan fingerprint density at radius 2 is 2.03 bits per heavy atom. The van der Waals surface area contributed by atoms with Gasteiger partial charge in [0, 0.05) is 43.8 Å². The third kappa shape index (κ3) is 4.37. The molecule has 0 saturated carbocycles. The molecule has 1 aromatic carbocycles. The van der Waals surface area contributed by atoms with E-state index in [9.17, 15) is 5.21 Å². The van der Waals surface area contributed by atoms with Crippen molar-refractivity contribution in [2.75, 3.05) is 7.05 Å². The molecule has 1 N–H and O–H groups in total. The van der Waals surface area contributed by atoms with E-state index in [1.165, 1.54) is 24.0 Å². The number of hydrogen-bond acceptors (Lipinski definition) is 5. The number of pyridine rings is 2. The van der Waals surface area contributed by atoms with Crippen LogP contribution in [0.2, 0.25) is 0 Å². The average Bonchev–Trinajstić information content (AvgIpc) is 2.76. The Morgan fingerprint density at radius 3 is 2.86 bits per heavy atom. The lowest BCUT2D eigenvalue weighted by Crippen LogP contribution is -2.27. The summed E-state index contributed by atoms with van der Waals surface area (Å²) in [5, 5.41) is 13.1. The zero-order valence-electron chi connectivity index (χ0n) is 16.5. The minimum absolute atomic E-state index is 0.441. The second-order valence-corrected chi connectivity index (χ2v) is 7.23. The number of amidine groups is 1. The number of nitrogens with zero attached hydrogens (tertiary/aromatic N) is 4. The third-order valence-corrected chi connectivity index (χ3v) is 5.16. The van der Waals surface area contributed by atoms with Gasteiger partial charge in [0.05, 0.1) is 0 Å². The van der Waals surface area contributed by atoms with Crippen LogP contribution in [0.15, 0.2) is 66.2 Å².